The fourth-order valence-corrected chi connectivity index (χ4v) is 10.0. The van der Waals surface area contributed by atoms with E-state index in [0.29, 0.717) is 17.5 Å². The molecule has 0 amide bonds. The van der Waals surface area contributed by atoms with Gasteiger partial charge in [-0.2, -0.15) is 4.57 Å². The minimum atomic E-state index is -1.75. The van der Waals surface area contributed by atoms with Gasteiger partial charge in [-0.1, -0.05) is 100 Å². The van der Waals surface area contributed by atoms with Crippen molar-refractivity contribution >= 4 is 41.0 Å². The number of nitrogens with zero attached hydrogens (tertiary/aromatic N) is 3. The van der Waals surface area contributed by atoms with Crippen LogP contribution in [0.25, 0.3) is 33.3 Å². The van der Waals surface area contributed by atoms with Crippen LogP contribution in [0.5, 0.6) is 0 Å². The van der Waals surface area contributed by atoms with E-state index >= 15 is 0 Å². The van der Waals surface area contributed by atoms with Gasteiger partial charge >= 0.3 is 0 Å². The zero-order chi connectivity index (χ0) is 34.0. The van der Waals surface area contributed by atoms with Crippen molar-refractivity contribution in [1.82, 2.24) is 4.98 Å². The van der Waals surface area contributed by atoms with Crippen LogP contribution in [0.3, 0.4) is 0 Å². The molecule has 0 bridgehead atoms. The third-order valence-electron chi connectivity index (χ3n) is 10.8. The largest absolute Gasteiger partial charge is 0.437 e. The SMILES string of the molecule is C=CC1=NC(=C)CC2C(CCc3ccc4c(oc5nc(C)ccc54)c31)c1ccccc1-c1cc(C(C)c3ccccc3)c([Si](C)(C)C)c[n+]12. The van der Waals surface area contributed by atoms with Gasteiger partial charge in [-0.3, -0.25) is 4.99 Å². The maximum atomic E-state index is 6.51. The number of aliphatic imine (C=N–C) groups is 1. The zero-order valence-electron chi connectivity index (χ0n) is 29.3. The molecule has 5 heteroatoms. The van der Waals surface area contributed by atoms with Crippen molar-refractivity contribution in [2.45, 2.75) is 70.6 Å². The van der Waals surface area contributed by atoms with Gasteiger partial charge in [0.25, 0.3) is 0 Å². The quantitative estimate of drug-likeness (QED) is 0.140. The fraction of sp³-hybridized carbons (Fsp3) is 0.250. The first-order chi connectivity index (χ1) is 23.6. The van der Waals surface area contributed by atoms with Crippen LogP contribution in [0.15, 0.2) is 125 Å². The summed E-state index contributed by atoms with van der Waals surface area (Å²) in [6.07, 6.45) is 7.03. The Morgan fingerprint density at radius 3 is 2.49 bits per heavy atom. The summed E-state index contributed by atoms with van der Waals surface area (Å²) >= 11 is 0. The highest BCUT2D eigenvalue weighted by Crippen LogP contribution is 2.45. The molecule has 3 aromatic carbocycles. The van der Waals surface area contributed by atoms with Crippen molar-refractivity contribution in [3.63, 3.8) is 0 Å². The monoisotopic (exact) mass is 658 g/mol. The van der Waals surface area contributed by atoms with Gasteiger partial charge in [-0.25, -0.2) is 4.98 Å². The Labute approximate surface area is 290 Å². The van der Waals surface area contributed by atoms with Crippen molar-refractivity contribution in [3.05, 3.63) is 150 Å². The van der Waals surface area contributed by atoms with E-state index < -0.39 is 8.07 Å². The Bertz CT molecular complexity index is 2320. The Balaban J connectivity index is 1.31. The summed E-state index contributed by atoms with van der Waals surface area (Å²) in [4.78, 5) is 9.94. The second-order valence-corrected chi connectivity index (χ2v) is 20.0. The van der Waals surface area contributed by atoms with Crippen LogP contribution in [0.2, 0.25) is 19.6 Å². The maximum absolute atomic E-state index is 6.51. The molecule has 244 valence electrons. The van der Waals surface area contributed by atoms with E-state index in [1.54, 1.807) is 0 Å². The topological polar surface area (TPSA) is 42.3 Å². The number of fused-ring (bicyclic) bond motifs is 11. The molecule has 0 aliphatic carbocycles. The first kappa shape index (κ1) is 31.4. The molecule has 0 saturated carbocycles. The molecule has 0 fully saturated rings. The van der Waals surface area contributed by atoms with Crippen molar-refractivity contribution in [3.8, 4) is 11.3 Å². The standard InChI is InChI=1S/C44H44N3OSi/c1-8-38-42-31(20-23-35-36-21-18-27(2)46-44(36)48-43(35)42)19-22-34-32-16-12-13-17-33(32)40-25-37(29(4)30-14-10-9-11-15-30)41(49(5,6)7)26-47(40)39(34)24-28(3)45-38/h8-18,20-21,23,25-26,29,34,39H,1,3,19,22,24H2,2,4-7H3/q+1. The number of allylic oxidation sites excluding steroid dienone is 2. The predicted octanol–water partition coefficient (Wildman–Crippen LogP) is 10.1. The lowest BCUT2D eigenvalue weighted by Crippen LogP contribution is -2.54. The van der Waals surface area contributed by atoms with Gasteiger partial charge in [-0.15, -0.1) is 0 Å². The zero-order valence-corrected chi connectivity index (χ0v) is 30.3. The molecule has 0 radical (unpaired) electrons. The number of aryl methyl sites for hydroxylation is 2. The summed E-state index contributed by atoms with van der Waals surface area (Å²) < 4.78 is 9.12. The maximum Gasteiger partial charge on any atom is 0.227 e. The summed E-state index contributed by atoms with van der Waals surface area (Å²) in [5, 5.41) is 3.60. The summed E-state index contributed by atoms with van der Waals surface area (Å²) in [6, 6.07) is 31.4. The van der Waals surface area contributed by atoms with E-state index in [4.69, 9.17) is 14.4 Å². The van der Waals surface area contributed by atoms with Crippen LogP contribution < -0.4 is 9.75 Å². The number of pyridine rings is 2. The molecule has 0 spiro atoms. The molecule has 3 aromatic heterocycles. The van der Waals surface area contributed by atoms with E-state index in [-0.39, 0.29) is 6.04 Å². The Morgan fingerprint density at radius 2 is 1.71 bits per heavy atom. The van der Waals surface area contributed by atoms with E-state index in [2.05, 4.69) is 129 Å². The molecule has 0 saturated heterocycles. The lowest BCUT2D eigenvalue weighted by molar-refractivity contribution is -0.717. The third kappa shape index (κ3) is 5.32. The minimum absolute atomic E-state index is 0.187. The number of furan rings is 1. The lowest BCUT2D eigenvalue weighted by Gasteiger charge is -2.34. The predicted molar refractivity (Wildman–Crippen MR) is 206 cm³/mol. The second kappa shape index (κ2) is 11.9. The Morgan fingerprint density at radius 1 is 0.959 bits per heavy atom. The summed E-state index contributed by atoms with van der Waals surface area (Å²) in [5.74, 6) is 0.588. The summed E-state index contributed by atoms with van der Waals surface area (Å²) in [5.41, 5.74) is 13.2. The third-order valence-corrected chi connectivity index (χ3v) is 12.8. The lowest BCUT2D eigenvalue weighted by atomic mass is 9.77. The van der Waals surface area contributed by atoms with Crippen LogP contribution in [-0.4, -0.2) is 18.8 Å². The van der Waals surface area contributed by atoms with Gasteiger partial charge in [0, 0.05) is 56.4 Å². The van der Waals surface area contributed by atoms with Gasteiger partial charge in [0.1, 0.15) is 5.58 Å². The molecule has 5 heterocycles. The highest BCUT2D eigenvalue weighted by molar-refractivity contribution is 6.89. The highest BCUT2D eigenvalue weighted by atomic mass is 28.3. The summed E-state index contributed by atoms with van der Waals surface area (Å²) in [6.45, 7) is 20.6. The fourth-order valence-electron chi connectivity index (χ4n) is 8.34. The molecular formula is C44H44N3OSi+. The van der Waals surface area contributed by atoms with Crippen molar-refractivity contribution in [1.29, 1.82) is 0 Å². The highest BCUT2D eigenvalue weighted by Gasteiger charge is 2.42. The van der Waals surface area contributed by atoms with Crippen molar-refractivity contribution in [2.24, 2.45) is 4.99 Å². The van der Waals surface area contributed by atoms with E-state index in [0.717, 1.165) is 58.3 Å². The molecule has 4 nitrogen and oxygen atoms in total. The van der Waals surface area contributed by atoms with Crippen LogP contribution in [0, 0.1) is 6.92 Å². The van der Waals surface area contributed by atoms with Crippen molar-refractivity contribution in [2.75, 3.05) is 0 Å². The first-order valence-corrected chi connectivity index (χ1v) is 21.1. The molecular weight excluding hydrogens is 615 g/mol. The molecule has 0 N–H and O–H groups in total. The number of rotatable bonds is 4. The molecule has 3 atom stereocenters. The smallest absolute Gasteiger partial charge is 0.227 e. The molecule has 6 aromatic rings. The van der Waals surface area contributed by atoms with Gasteiger partial charge in [0.15, 0.2) is 12.2 Å². The molecule has 8 rings (SSSR count). The molecule has 2 aliphatic heterocycles. The van der Waals surface area contributed by atoms with E-state index in [9.17, 15) is 0 Å². The van der Waals surface area contributed by atoms with Crippen LogP contribution in [0.1, 0.15) is 71.2 Å². The normalized spacial score (nSPS) is 18.2. The second-order valence-electron chi connectivity index (χ2n) is 15.0. The van der Waals surface area contributed by atoms with Crippen LogP contribution >= 0.6 is 0 Å². The van der Waals surface area contributed by atoms with Gasteiger partial charge in [0.2, 0.25) is 11.4 Å². The average Bonchev–Trinajstić information content (AvgIpc) is 3.46. The molecule has 49 heavy (non-hydrogen) atoms. The van der Waals surface area contributed by atoms with Crippen LogP contribution in [-0.2, 0) is 6.42 Å². The number of aromatic nitrogens is 2. The Hall–Kier alpha value is -4.87. The molecule has 2 aliphatic rings. The Kier molecular flexibility index (Phi) is 7.64. The molecule has 3 unspecified atom stereocenters. The van der Waals surface area contributed by atoms with E-state index in [1.165, 1.54) is 38.7 Å². The number of benzene rings is 3. The van der Waals surface area contributed by atoms with Gasteiger partial charge in [0.05, 0.1) is 20.2 Å². The van der Waals surface area contributed by atoms with Crippen molar-refractivity contribution < 1.29 is 8.98 Å². The van der Waals surface area contributed by atoms with E-state index in [1.807, 2.05) is 19.1 Å². The van der Waals surface area contributed by atoms with Gasteiger partial charge < -0.3 is 4.42 Å². The van der Waals surface area contributed by atoms with Gasteiger partial charge in [-0.05, 0) is 66.3 Å². The number of hydrogen-bond acceptors (Lipinski definition) is 3. The van der Waals surface area contributed by atoms with Crippen LogP contribution in [0.4, 0.5) is 0 Å². The minimum Gasteiger partial charge on any atom is -0.437 e. The summed E-state index contributed by atoms with van der Waals surface area (Å²) in [7, 11) is -1.75. The average molecular weight is 659 g/mol. The first-order valence-electron chi connectivity index (χ1n) is 17.6. The number of hydrogen-bond donors (Lipinski definition) is 0.